The zero-order valence-corrected chi connectivity index (χ0v) is 9.66. The Bertz CT molecular complexity index is 344. The lowest BCUT2D eigenvalue weighted by atomic mass is 9.65. The van der Waals surface area contributed by atoms with Crippen molar-refractivity contribution in [2.24, 2.45) is 11.1 Å². The first-order chi connectivity index (χ1) is 7.15. The lowest BCUT2D eigenvalue weighted by Crippen LogP contribution is -2.30. The summed E-state index contributed by atoms with van der Waals surface area (Å²) < 4.78 is 0. The second-order valence-electron chi connectivity index (χ2n) is 5.19. The molecule has 1 aromatic rings. The molecular weight excluding hydrogens is 184 g/mol. The van der Waals surface area contributed by atoms with E-state index in [4.69, 9.17) is 5.73 Å². The Labute approximate surface area is 91.9 Å². The van der Waals surface area contributed by atoms with Crippen LogP contribution in [0.5, 0.6) is 0 Å². The van der Waals surface area contributed by atoms with Crippen molar-refractivity contribution in [2.75, 3.05) is 6.54 Å². The number of aryl methyl sites for hydroxylation is 1. The number of rotatable bonds is 2. The molecule has 0 spiro atoms. The third-order valence-electron chi connectivity index (χ3n) is 3.76. The standard InChI is InChI=1S/C13H20N2/c1-13(2)6-3-10-5-8-15-9-11(10)12(13)4-7-14/h5,8-9,12H,3-4,6-7,14H2,1-2H3. The van der Waals surface area contributed by atoms with Gasteiger partial charge in [-0.05, 0) is 54.3 Å². The van der Waals surface area contributed by atoms with Crippen LogP contribution >= 0.6 is 0 Å². The molecule has 0 saturated carbocycles. The van der Waals surface area contributed by atoms with Crippen molar-refractivity contribution >= 4 is 0 Å². The number of fused-ring (bicyclic) bond motifs is 1. The number of hydrogen-bond acceptors (Lipinski definition) is 2. The molecule has 1 heterocycles. The van der Waals surface area contributed by atoms with E-state index in [1.54, 1.807) is 0 Å². The zero-order chi connectivity index (χ0) is 10.9. The van der Waals surface area contributed by atoms with Gasteiger partial charge in [-0.15, -0.1) is 0 Å². The van der Waals surface area contributed by atoms with Gasteiger partial charge in [-0.25, -0.2) is 0 Å². The van der Waals surface area contributed by atoms with E-state index in [1.807, 2.05) is 12.4 Å². The van der Waals surface area contributed by atoms with Crippen LogP contribution in [0.2, 0.25) is 0 Å². The fourth-order valence-electron chi connectivity index (χ4n) is 2.74. The number of nitrogens with zero attached hydrogens (tertiary/aromatic N) is 1. The van der Waals surface area contributed by atoms with Crippen LogP contribution in [0.1, 0.15) is 43.7 Å². The summed E-state index contributed by atoms with van der Waals surface area (Å²) in [4.78, 5) is 4.26. The van der Waals surface area contributed by atoms with E-state index >= 15 is 0 Å². The van der Waals surface area contributed by atoms with Crippen molar-refractivity contribution < 1.29 is 0 Å². The molecule has 0 saturated heterocycles. The maximum absolute atomic E-state index is 5.72. The van der Waals surface area contributed by atoms with Gasteiger partial charge in [0.25, 0.3) is 0 Å². The highest BCUT2D eigenvalue weighted by Gasteiger charge is 2.35. The first-order valence-corrected chi connectivity index (χ1v) is 5.78. The van der Waals surface area contributed by atoms with Gasteiger partial charge in [0.05, 0.1) is 0 Å². The summed E-state index contributed by atoms with van der Waals surface area (Å²) in [6.07, 6.45) is 7.46. The van der Waals surface area contributed by atoms with Crippen LogP contribution in [0, 0.1) is 5.41 Å². The van der Waals surface area contributed by atoms with Crippen LogP contribution in [0.25, 0.3) is 0 Å². The fourth-order valence-corrected chi connectivity index (χ4v) is 2.74. The van der Waals surface area contributed by atoms with Gasteiger partial charge in [-0.1, -0.05) is 13.8 Å². The predicted molar refractivity (Wildman–Crippen MR) is 62.8 cm³/mol. The molecule has 1 aliphatic rings. The van der Waals surface area contributed by atoms with Crippen molar-refractivity contribution in [2.45, 2.75) is 39.0 Å². The fraction of sp³-hybridized carbons (Fsp3) is 0.615. The SMILES string of the molecule is CC1(C)CCc2ccncc2C1CCN. The topological polar surface area (TPSA) is 38.9 Å². The summed E-state index contributed by atoms with van der Waals surface area (Å²) in [6, 6.07) is 2.16. The number of pyridine rings is 1. The van der Waals surface area contributed by atoms with Gasteiger partial charge in [-0.2, -0.15) is 0 Å². The summed E-state index contributed by atoms with van der Waals surface area (Å²) in [5.74, 6) is 0.583. The average molecular weight is 204 g/mol. The van der Waals surface area contributed by atoms with E-state index in [0.29, 0.717) is 11.3 Å². The summed E-state index contributed by atoms with van der Waals surface area (Å²) in [6.45, 7) is 5.47. The molecule has 2 rings (SSSR count). The molecule has 0 fully saturated rings. The Morgan fingerprint density at radius 1 is 1.53 bits per heavy atom. The van der Waals surface area contributed by atoms with Crippen molar-refractivity contribution in [1.29, 1.82) is 0 Å². The molecule has 82 valence electrons. The molecule has 1 atom stereocenters. The smallest absolute Gasteiger partial charge is 0.0305 e. The van der Waals surface area contributed by atoms with Gasteiger partial charge in [-0.3, -0.25) is 4.98 Å². The Kier molecular flexibility index (Phi) is 2.79. The minimum absolute atomic E-state index is 0.370. The molecule has 15 heavy (non-hydrogen) atoms. The first-order valence-electron chi connectivity index (χ1n) is 5.78. The van der Waals surface area contributed by atoms with Crippen LogP contribution < -0.4 is 5.73 Å². The first kappa shape index (κ1) is 10.6. The molecule has 0 aliphatic heterocycles. The van der Waals surface area contributed by atoms with Gasteiger partial charge in [0.1, 0.15) is 0 Å². The van der Waals surface area contributed by atoms with E-state index in [-0.39, 0.29) is 0 Å². The third-order valence-corrected chi connectivity index (χ3v) is 3.76. The Hall–Kier alpha value is -0.890. The zero-order valence-electron chi connectivity index (χ0n) is 9.66. The molecule has 2 N–H and O–H groups in total. The van der Waals surface area contributed by atoms with Crippen molar-refractivity contribution in [1.82, 2.24) is 4.98 Å². The van der Waals surface area contributed by atoms with E-state index in [9.17, 15) is 0 Å². The van der Waals surface area contributed by atoms with Crippen molar-refractivity contribution in [3.8, 4) is 0 Å². The molecule has 1 aliphatic carbocycles. The van der Waals surface area contributed by atoms with E-state index < -0.39 is 0 Å². The third kappa shape index (κ3) is 1.91. The molecule has 0 amide bonds. The molecule has 2 heteroatoms. The van der Waals surface area contributed by atoms with Gasteiger partial charge in [0.2, 0.25) is 0 Å². The minimum Gasteiger partial charge on any atom is -0.330 e. The lowest BCUT2D eigenvalue weighted by molar-refractivity contribution is 0.235. The summed E-state index contributed by atoms with van der Waals surface area (Å²) in [7, 11) is 0. The largest absolute Gasteiger partial charge is 0.330 e. The monoisotopic (exact) mass is 204 g/mol. The lowest BCUT2D eigenvalue weighted by Gasteiger charge is -2.39. The molecule has 0 radical (unpaired) electrons. The number of hydrogen-bond donors (Lipinski definition) is 1. The summed E-state index contributed by atoms with van der Waals surface area (Å²) in [5, 5.41) is 0. The normalized spacial score (nSPS) is 23.5. The second kappa shape index (κ2) is 3.93. The van der Waals surface area contributed by atoms with E-state index in [2.05, 4.69) is 24.9 Å². The summed E-state index contributed by atoms with van der Waals surface area (Å²) in [5.41, 5.74) is 8.99. The van der Waals surface area contributed by atoms with Gasteiger partial charge in [0, 0.05) is 12.4 Å². The van der Waals surface area contributed by atoms with E-state index in [0.717, 1.165) is 13.0 Å². The molecular formula is C13H20N2. The molecule has 2 nitrogen and oxygen atoms in total. The number of aromatic nitrogens is 1. The van der Waals surface area contributed by atoms with Gasteiger partial charge >= 0.3 is 0 Å². The molecule has 0 bridgehead atoms. The van der Waals surface area contributed by atoms with Crippen LogP contribution in [0.15, 0.2) is 18.5 Å². The minimum atomic E-state index is 0.370. The maximum atomic E-state index is 5.72. The predicted octanol–water partition coefficient (Wildman–Crippen LogP) is 2.49. The van der Waals surface area contributed by atoms with Crippen LogP contribution in [0.3, 0.4) is 0 Å². The van der Waals surface area contributed by atoms with Gasteiger partial charge in [0.15, 0.2) is 0 Å². The quantitative estimate of drug-likeness (QED) is 0.803. The molecule has 0 aromatic carbocycles. The maximum Gasteiger partial charge on any atom is 0.0305 e. The highest BCUT2D eigenvalue weighted by Crippen LogP contribution is 2.46. The van der Waals surface area contributed by atoms with E-state index in [1.165, 1.54) is 24.0 Å². The number of nitrogens with two attached hydrogens (primary N) is 1. The summed E-state index contributed by atoms with van der Waals surface area (Å²) >= 11 is 0. The van der Waals surface area contributed by atoms with Crippen LogP contribution in [0.4, 0.5) is 0 Å². The Morgan fingerprint density at radius 3 is 3.07 bits per heavy atom. The Morgan fingerprint density at radius 2 is 2.33 bits per heavy atom. The Balaban J connectivity index is 2.39. The highest BCUT2D eigenvalue weighted by molar-refractivity contribution is 5.31. The van der Waals surface area contributed by atoms with Crippen molar-refractivity contribution in [3.63, 3.8) is 0 Å². The molecule has 1 aromatic heterocycles. The van der Waals surface area contributed by atoms with Gasteiger partial charge < -0.3 is 5.73 Å². The van der Waals surface area contributed by atoms with Crippen LogP contribution in [-0.4, -0.2) is 11.5 Å². The molecule has 1 unspecified atom stereocenters. The van der Waals surface area contributed by atoms with Crippen molar-refractivity contribution in [3.05, 3.63) is 29.6 Å². The highest BCUT2D eigenvalue weighted by atomic mass is 14.6. The average Bonchev–Trinajstić information content (AvgIpc) is 2.23. The van der Waals surface area contributed by atoms with Crippen LogP contribution in [-0.2, 0) is 6.42 Å². The second-order valence-corrected chi connectivity index (χ2v) is 5.19.